The summed E-state index contributed by atoms with van der Waals surface area (Å²) in [5.74, 6) is -2.26. The van der Waals surface area contributed by atoms with Crippen molar-refractivity contribution in [1.29, 1.82) is 0 Å². The third-order valence-corrected chi connectivity index (χ3v) is 5.21. The number of carbonyl (C=O) groups excluding carboxylic acids is 5. The van der Waals surface area contributed by atoms with Gasteiger partial charge in [-0.05, 0) is 25.0 Å². The predicted molar refractivity (Wildman–Crippen MR) is 104 cm³/mol. The summed E-state index contributed by atoms with van der Waals surface area (Å²) in [5.41, 5.74) is 3.87. The summed E-state index contributed by atoms with van der Waals surface area (Å²) in [5, 5.41) is 2.76. The van der Waals surface area contributed by atoms with E-state index in [-0.39, 0.29) is 18.9 Å². The Morgan fingerprint density at radius 1 is 1.03 bits per heavy atom. The predicted octanol–water partition coefficient (Wildman–Crippen LogP) is 0.636. The lowest BCUT2D eigenvalue weighted by atomic mass is 9.82. The van der Waals surface area contributed by atoms with Gasteiger partial charge < -0.3 is 10.1 Å². The molecule has 3 rings (SSSR count). The Balaban J connectivity index is 1.37. The highest BCUT2D eigenvalue weighted by molar-refractivity contribution is 6.07. The summed E-state index contributed by atoms with van der Waals surface area (Å²) in [4.78, 5) is 61.2. The Kier molecular flexibility index (Phi) is 6.65. The molecular weight excluding hydrogens is 392 g/mol. The molecule has 0 aromatic heterocycles. The Labute approximate surface area is 173 Å². The maximum atomic E-state index is 12.6. The third-order valence-electron chi connectivity index (χ3n) is 5.21. The van der Waals surface area contributed by atoms with Gasteiger partial charge in [-0.1, -0.05) is 37.5 Å². The van der Waals surface area contributed by atoms with Crippen LogP contribution in [0.3, 0.4) is 0 Å². The van der Waals surface area contributed by atoms with Crippen LogP contribution >= 0.6 is 0 Å². The van der Waals surface area contributed by atoms with Crippen LogP contribution in [-0.4, -0.2) is 53.3 Å². The van der Waals surface area contributed by atoms with Crippen molar-refractivity contribution in [2.45, 2.75) is 44.1 Å². The Morgan fingerprint density at radius 3 is 2.43 bits per heavy atom. The molecule has 1 saturated heterocycles. The molecule has 0 atom stereocenters. The Bertz CT molecular complexity index is 835. The lowest BCUT2D eigenvalue weighted by Crippen LogP contribution is -2.48. The second kappa shape index (κ2) is 9.38. The zero-order valence-electron chi connectivity index (χ0n) is 16.4. The van der Waals surface area contributed by atoms with Crippen molar-refractivity contribution < 1.29 is 28.7 Å². The molecule has 10 heteroatoms. The fourth-order valence-corrected chi connectivity index (χ4v) is 3.62. The van der Waals surface area contributed by atoms with Crippen LogP contribution in [0.2, 0.25) is 0 Å². The molecule has 1 heterocycles. The number of hydrogen-bond acceptors (Lipinski definition) is 6. The van der Waals surface area contributed by atoms with Gasteiger partial charge in [-0.2, -0.15) is 0 Å². The first-order valence-corrected chi connectivity index (χ1v) is 9.85. The van der Waals surface area contributed by atoms with Crippen molar-refractivity contribution in [3.8, 4) is 0 Å². The second-order valence-electron chi connectivity index (χ2n) is 7.31. The number of nitrogens with zero attached hydrogens (tertiary/aromatic N) is 1. The molecule has 1 aromatic rings. The summed E-state index contributed by atoms with van der Waals surface area (Å²) in [6.45, 7) is -0.713. The summed E-state index contributed by atoms with van der Waals surface area (Å²) < 4.78 is 4.84. The van der Waals surface area contributed by atoms with Crippen LogP contribution < -0.4 is 16.2 Å². The van der Waals surface area contributed by atoms with Gasteiger partial charge in [0, 0.05) is 12.1 Å². The first-order chi connectivity index (χ1) is 14.4. The van der Waals surface area contributed by atoms with Crippen LogP contribution in [0.4, 0.5) is 4.79 Å². The van der Waals surface area contributed by atoms with Crippen molar-refractivity contribution in [1.82, 2.24) is 21.1 Å². The number of hydrazine groups is 1. The van der Waals surface area contributed by atoms with E-state index >= 15 is 0 Å². The van der Waals surface area contributed by atoms with Gasteiger partial charge in [-0.25, -0.2) is 4.79 Å². The number of esters is 1. The number of imide groups is 1. The van der Waals surface area contributed by atoms with Gasteiger partial charge >= 0.3 is 12.0 Å². The fraction of sp³-hybridized carbons (Fsp3) is 0.450. The first kappa shape index (κ1) is 21.3. The number of benzene rings is 1. The zero-order chi connectivity index (χ0) is 21.6. The van der Waals surface area contributed by atoms with E-state index in [9.17, 15) is 24.0 Å². The van der Waals surface area contributed by atoms with Crippen molar-refractivity contribution in [2.24, 2.45) is 0 Å². The Morgan fingerprint density at radius 2 is 1.73 bits per heavy atom. The highest BCUT2D eigenvalue weighted by atomic mass is 16.5. The molecule has 1 saturated carbocycles. The number of rotatable bonds is 6. The minimum Gasteiger partial charge on any atom is -0.455 e. The van der Waals surface area contributed by atoms with Crippen molar-refractivity contribution >= 4 is 29.7 Å². The van der Waals surface area contributed by atoms with Gasteiger partial charge in [0.1, 0.15) is 5.54 Å². The van der Waals surface area contributed by atoms with Crippen LogP contribution in [0.15, 0.2) is 30.3 Å². The van der Waals surface area contributed by atoms with Gasteiger partial charge in [-0.3, -0.25) is 34.9 Å². The molecule has 1 aliphatic heterocycles. The second-order valence-corrected chi connectivity index (χ2v) is 7.31. The molecular formula is C20H24N4O6. The SMILES string of the molecule is O=C(COC(=O)CCN1C(=O)NC2(CCCCC2)C1=O)NNC(=O)c1ccccc1. The molecule has 0 radical (unpaired) electrons. The van der Waals surface area contributed by atoms with Gasteiger partial charge in [0.05, 0.1) is 6.42 Å². The number of hydrogen-bond donors (Lipinski definition) is 3. The molecule has 2 aliphatic rings. The first-order valence-electron chi connectivity index (χ1n) is 9.85. The van der Waals surface area contributed by atoms with Crippen molar-refractivity contribution in [2.75, 3.05) is 13.2 Å². The van der Waals surface area contributed by atoms with E-state index in [4.69, 9.17) is 4.74 Å². The number of ether oxygens (including phenoxy) is 1. The molecule has 1 aliphatic carbocycles. The van der Waals surface area contributed by atoms with Crippen LogP contribution in [0.1, 0.15) is 48.9 Å². The molecule has 1 spiro atoms. The minimum atomic E-state index is -0.837. The normalized spacial score (nSPS) is 17.4. The van der Waals surface area contributed by atoms with E-state index in [1.807, 2.05) is 0 Å². The zero-order valence-corrected chi connectivity index (χ0v) is 16.4. The molecule has 5 amide bonds. The van der Waals surface area contributed by atoms with Crippen LogP contribution in [0.5, 0.6) is 0 Å². The van der Waals surface area contributed by atoms with Crippen molar-refractivity contribution in [3.05, 3.63) is 35.9 Å². The standard InChI is InChI=1S/C20H24N4O6/c25-15(22-23-17(27)14-7-3-1-4-8-14)13-30-16(26)9-12-24-18(28)20(21-19(24)29)10-5-2-6-11-20/h1,3-4,7-8H,2,5-6,9-13H2,(H,21,29)(H,22,25)(H,23,27). The molecule has 30 heavy (non-hydrogen) atoms. The van der Waals surface area contributed by atoms with E-state index in [0.717, 1.165) is 24.2 Å². The highest BCUT2D eigenvalue weighted by Gasteiger charge is 2.51. The van der Waals surface area contributed by atoms with E-state index in [1.165, 1.54) is 0 Å². The maximum absolute atomic E-state index is 12.6. The van der Waals surface area contributed by atoms with E-state index in [0.29, 0.717) is 18.4 Å². The lowest BCUT2D eigenvalue weighted by Gasteiger charge is -2.30. The highest BCUT2D eigenvalue weighted by Crippen LogP contribution is 2.33. The number of amides is 5. The van der Waals surface area contributed by atoms with Crippen LogP contribution in [0.25, 0.3) is 0 Å². The number of carbonyl (C=O) groups is 5. The van der Waals surface area contributed by atoms with Crippen LogP contribution in [0, 0.1) is 0 Å². The lowest BCUT2D eigenvalue weighted by molar-refractivity contribution is -0.149. The van der Waals surface area contributed by atoms with E-state index < -0.39 is 36.0 Å². The van der Waals surface area contributed by atoms with E-state index in [1.54, 1.807) is 30.3 Å². The summed E-state index contributed by atoms with van der Waals surface area (Å²) in [6, 6.07) is 7.77. The van der Waals surface area contributed by atoms with Gasteiger partial charge in [0.15, 0.2) is 6.61 Å². The number of nitrogens with one attached hydrogen (secondary N) is 3. The largest absolute Gasteiger partial charge is 0.455 e. The molecule has 3 N–H and O–H groups in total. The van der Waals surface area contributed by atoms with Crippen LogP contribution in [-0.2, 0) is 19.1 Å². The van der Waals surface area contributed by atoms with Gasteiger partial charge in [0.25, 0.3) is 17.7 Å². The quantitative estimate of drug-likeness (QED) is 0.354. The molecule has 1 aromatic carbocycles. The van der Waals surface area contributed by atoms with E-state index in [2.05, 4.69) is 16.2 Å². The summed E-state index contributed by atoms with van der Waals surface area (Å²) >= 11 is 0. The molecule has 160 valence electrons. The molecule has 0 unspecified atom stereocenters. The maximum Gasteiger partial charge on any atom is 0.325 e. The monoisotopic (exact) mass is 416 g/mol. The average molecular weight is 416 g/mol. The Hall–Kier alpha value is -3.43. The summed E-state index contributed by atoms with van der Waals surface area (Å²) in [7, 11) is 0. The number of urea groups is 1. The molecule has 10 nitrogen and oxygen atoms in total. The fourth-order valence-electron chi connectivity index (χ4n) is 3.62. The van der Waals surface area contributed by atoms with Gasteiger partial charge in [-0.15, -0.1) is 0 Å². The molecule has 2 fully saturated rings. The van der Waals surface area contributed by atoms with Crippen molar-refractivity contribution in [3.63, 3.8) is 0 Å². The minimum absolute atomic E-state index is 0.113. The van der Waals surface area contributed by atoms with Gasteiger partial charge in [0.2, 0.25) is 0 Å². The molecule has 0 bridgehead atoms. The topological polar surface area (TPSA) is 134 Å². The third kappa shape index (κ3) is 4.94. The smallest absolute Gasteiger partial charge is 0.325 e. The average Bonchev–Trinajstić information content (AvgIpc) is 2.98. The summed E-state index contributed by atoms with van der Waals surface area (Å²) in [6.07, 6.45) is 3.76.